The Kier molecular flexibility index (Phi) is 3.72. The Bertz CT molecular complexity index is 182. The summed E-state index contributed by atoms with van der Waals surface area (Å²) in [5.74, 6) is 0.634. The SMILES string of the molecule is CC[C@@H](N)C(=O)NC1CCCC1C. The van der Waals surface area contributed by atoms with E-state index < -0.39 is 0 Å². The average molecular weight is 184 g/mol. The summed E-state index contributed by atoms with van der Waals surface area (Å²) in [6, 6.07) is 0.0397. The Morgan fingerprint density at radius 1 is 1.62 bits per heavy atom. The van der Waals surface area contributed by atoms with Crippen LogP contribution in [-0.4, -0.2) is 18.0 Å². The number of carbonyl (C=O) groups excluding carboxylic acids is 1. The van der Waals surface area contributed by atoms with Crippen LogP contribution in [-0.2, 0) is 4.79 Å². The van der Waals surface area contributed by atoms with E-state index in [1.165, 1.54) is 12.8 Å². The summed E-state index contributed by atoms with van der Waals surface area (Å²) in [6.07, 6.45) is 4.29. The quantitative estimate of drug-likeness (QED) is 0.688. The Morgan fingerprint density at radius 2 is 2.31 bits per heavy atom. The average Bonchev–Trinajstić information content (AvgIpc) is 2.50. The summed E-state index contributed by atoms with van der Waals surface area (Å²) in [6.45, 7) is 4.12. The van der Waals surface area contributed by atoms with Gasteiger partial charge in [0, 0.05) is 6.04 Å². The Hall–Kier alpha value is -0.570. The predicted octanol–water partition coefficient (Wildman–Crippen LogP) is 1.03. The highest BCUT2D eigenvalue weighted by Gasteiger charge is 2.25. The third-order valence-corrected chi connectivity index (χ3v) is 2.97. The maximum atomic E-state index is 11.4. The molecule has 0 aromatic rings. The summed E-state index contributed by atoms with van der Waals surface area (Å²) in [4.78, 5) is 11.4. The van der Waals surface area contributed by atoms with E-state index in [-0.39, 0.29) is 11.9 Å². The van der Waals surface area contributed by atoms with E-state index in [4.69, 9.17) is 5.73 Å². The van der Waals surface area contributed by atoms with Crippen LogP contribution in [0, 0.1) is 5.92 Å². The van der Waals surface area contributed by atoms with E-state index in [0.717, 1.165) is 6.42 Å². The molecule has 2 unspecified atom stereocenters. The van der Waals surface area contributed by atoms with Gasteiger partial charge < -0.3 is 11.1 Å². The first-order valence-electron chi connectivity index (χ1n) is 5.21. The molecule has 3 atom stereocenters. The van der Waals surface area contributed by atoms with Gasteiger partial charge in [-0.3, -0.25) is 4.79 Å². The summed E-state index contributed by atoms with van der Waals surface area (Å²) in [7, 11) is 0. The fourth-order valence-corrected chi connectivity index (χ4v) is 1.84. The number of hydrogen-bond acceptors (Lipinski definition) is 2. The minimum Gasteiger partial charge on any atom is -0.352 e. The molecule has 0 saturated heterocycles. The van der Waals surface area contributed by atoms with Gasteiger partial charge in [0.15, 0.2) is 0 Å². The molecule has 0 radical (unpaired) electrons. The number of amides is 1. The molecule has 0 aromatic heterocycles. The molecule has 3 heteroatoms. The van der Waals surface area contributed by atoms with Crippen LogP contribution in [0.2, 0.25) is 0 Å². The Morgan fingerprint density at radius 3 is 2.77 bits per heavy atom. The lowest BCUT2D eigenvalue weighted by Crippen LogP contribution is -2.45. The smallest absolute Gasteiger partial charge is 0.237 e. The summed E-state index contributed by atoms with van der Waals surface area (Å²) < 4.78 is 0. The van der Waals surface area contributed by atoms with Crippen molar-refractivity contribution in [1.82, 2.24) is 5.32 Å². The lowest BCUT2D eigenvalue weighted by Gasteiger charge is -2.19. The molecule has 0 aliphatic heterocycles. The molecule has 13 heavy (non-hydrogen) atoms. The van der Waals surface area contributed by atoms with E-state index in [1.807, 2.05) is 6.92 Å². The van der Waals surface area contributed by atoms with E-state index in [2.05, 4.69) is 12.2 Å². The van der Waals surface area contributed by atoms with E-state index in [0.29, 0.717) is 18.4 Å². The molecule has 1 amide bonds. The van der Waals surface area contributed by atoms with Gasteiger partial charge in [0.25, 0.3) is 0 Å². The van der Waals surface area contributed by atoms with Crippen LogP contribution < -0.4 is 11.1 Å². The molecule has 1 fully saturated rings. The van der Waals surface area contributed by atoms with Crippen molar-refractivity contribution in [1.29, 1.82) is 0 Å². The van der Waals surface area contributed by atoms with Gasteiger partial charge in [-0.2, -0.15) is 0 Å². The first-order chi connectivity index (χ1) is 6.15. The zero-order valence-corrected chi connectivity index (χ0v) is 8.55. The number of nitrogens with one attached hydrogen (secondary N) is 1. The normalized spacial score (nSPS) is 30.1. The van der Waals surface area contributed by atoms with Crippen LogP contribution in [0.5, 0.6) is 0 Å². The lowest BCUT2D eigenvalue weighted by atomic mass is 10.1. The van der Waals surface area contributed by atoms with Gasteiger partial charge >= 0.3 is 0 Å². The van der Waals surface area contributed by atoms with Gasteiger partial charge in [-0.15, -0.1) is 0 Å². The van der Waals surface area contributed by atoms with Crippen molar-refractivity contribution in [3.8, 4) is 0 Å². The highest BCUT2D eigenvalue weighted by Crippen LogP contribution is 2.24. The number of hydrogen-bond donors (Lipinski definition) is 2. The van der Waals surface area contributed by atoms with Crippen LogP contribution in [0.4, 0.5) is 0 Å². The second-order valence-corrected chi connectivity index (χ2v) is 4.04. The van der Waals surface area contributed by atoms with Crippen molar-refractivity contribution in [3.63, 3.8) is 0 Å². The fraction of sp³-hybridized carbons (Fsp3) is 0.900. The molecule has 3 N–H and O–H groups in total. The minimum absolute atomic E-state index is 0.0150. The Labute approximate surface area is 80.1 Å². The molecule has 1 rings (SSSR count). The molecule has 1 saturated carbocycles. The maximum Gasteiger partial charge on any atom is 0.237 e. The second-order valence-electron chi connectivity index (χ2n) is 4.04. The fourth-order valence-electron chi connectivity index (χ4n) is 1.84. The van der Waals surface area contributed by atoms with Crippen molar-refractivity contribution >= 4 is 5.91 Å². The molecule has 0 bridgehead atoms. The molecule has 3 nitrogen and oxygen atoms in total. The molecule has 76 valence electrons. The number of carbonyl (C=O) groups is 1. The van der Waals surface area contributed by atoms with E-state index in [1.54, 1.807) is 0 Å². The predicted molar refractivity (Wildman–Crippen MR) is 53.2 cm³/mol. The van der Waals surface area contributed by atoms with Crippen molar-refractivity contribution in [2.24, 2.45) is 11.7 Å². The molecule has 0 aromatic carbocycles. The third-order valence-electron chi connectivity index (χ3n) is 2.97. The largest absolute Gasteiger partial charge is 0.352 e. The minimum atomic E-state index is -0.326. The van der Waals surface area contributed by atoms with E-state index in [9.17, 15) is 4.79 Å². The molecular formula is C10H20N2O. The molecule has 1 aliphatic carbocycles. The zero-order valence-electron chi connectivity index (χ0n) is 8.55. The maximum absolute atomic E-state index is 11.4. The van der Waals surface area contributed by atoms with Gasteiger partial charge in [0.05, 0.1) is 6.04 Å². The van der Waals surface area contributed by atoms with Crippen LogP contribution in [0.3, 0.4) is 0 Å². The van der Waals surface area contributed by atoms with Crippen molar-refractivity contribution in [2.45, 2.75) is 51.6 Å². The first-order valence-corrected chi connectivity index (χ1v) is 5.21. The first kappa shape index (κ1) is 10.5. The summed E-state index contributed by atoms with van der Waals surface area (Å²) in [5, 5.41) is 3.02. The molecular weight excluding hydrogens is 164 g/mol. The molecule has 0 heterocycles. The van der Waals surface area contributed by atoms with Crippen LogP contribution in [0.25, 0.3) is 0 Å². The topological polar surface area (TPSA) is 55.1 Å². The van der Waals surface area contributed by atoms with Gasteiger partial charge in [-0.1, -0.05) is 20.3 Å². The van der Waals surface area contributed by atoms with Gasteiger partial charge in [0.2, 0.25) is 5.91 Å². The van der Waals surface area contributed by atoms with E-state index >= 15 is 0 Å². The van der Waals surface area contributed by atoms with Crippen molar-refractivity contribution in [3.05, 3.63) is 0 Å². The van der Waals surface area contributed by atoms with Crippen LogP contribution in [0.15, 0.2) is 0 Å². The lowest BCUT2D eigenvalue weighted by molar-refractivity contribution is -0.123. The van der Waals surface area contributed by atoms with Gasteiger partial charge in [-0.05, 0) is 25.2 Å². The van der Waals surface area contributed by atoms with Crippen LogP contribution in [0.1, 0.15) is 39.5 Å². The van der Waals surface area contributed by atoms with Crippen molar-refractivity contribution in [2.75, 3.05) is 0 Å². The second kappa shape index (κ2) is 4.61. The molecule has 1 aliphatic rings. The standard InChI is InChI=1S/C10H20N2O/c1-3-8(11)10(13)12-9-6-4-5-7(9)2/h7-9H,3-6,11H2,1-2H3,(H,12,13)/t7?,8-,9?/m1/s1. The summed E-state index contributed by atoms with van der Waals surface area (Å²) in [5.41, 5.74) is 5.63. The van der Waals surface area contributed by atoms with Gasteiger partial charge in [-0.25, -0.2) is 0 Å². The number of nitrogens with two attached hydrogens (primary N) is 1. The highest BCUT2D eigenvalue weighted by molar-refractivity contribution is 5.81. The third kappa shape index (κ3) is 2.69. The Balaban J connectivity index is 2.35. The highest BCUT2D eigenvalue weighted by atomic mass is 16.2. The van der Waals surface area contributed by atoms with Gasteiger partial charge in [0.1, 0.15) is 0 Å². The van der Waals surface area contributed by atoms with Crippen LogP contribution >= 0.6 is 0 Å². The molecule has 0 spiro atoms. The van der Waals surface area contributed by atoms with Crippen molar-refractivity contribution < 1.29 is 4.79 Å². The zero-order chi connectivity index (χ0) is 9.84. The monoisotopic (exact) mass is 184 g/mol. The summed E-state index contributed by atoms with van der Waals surface area (Å²) >= 11 is 0. The number of rotatable bonds is 3.